The van der Waals surface area contributed by atoms with Gasteiger partial charge in [0.15, 0.2) is 11.6 Å². The number of anilines is 1. The fourth-order valence-electron chi connectivity index (χ4n) is 1.78. The van der Waals surface area contributed by atoms with Gasteiger partial charge in [-0.15, -0.1) is 0 Å². The molecule has 1 unspecified atom stereocenters. The monoisotopic (exact) mass is 258 g/mol. The summed E-state index contributed by atoms with van der Waals surface area (Å²) in [5.74, 6) is -1.76. The van der Waals surface area contributed by atoms with Crippen LogP contribution >= 0.6 is 0 Å². The average molecular weight is 258 g/mol. The number of benzene rings is 2. The first-order chi connectivity index (χ1) is 9.11. The van der Waals surface area contributed by atoms with E-state index in [9.17, 15) is 8.78 Å². The standard InChI is InChI=1S/C15H12F2N2/c1-10(12-7-5-11(9-18)6-8-12)19-14-4-2-3-13(16)15(14)17/h2-8,10,19H,1H3. The summed E-state index contributed by atoms with van der Waals surface area (Å²) in [6.45, 7) is 1.84. The van der Waals surface area contributed by atoms with E-state index in [4.69, 9.17) is 5.26 Å². The van der Waals surface area contributed by atoms with Crippen LogP contribution in [0.4, 0.5) is 14.5 Å². The number of hydrogen-bond donors (Lipinski definition) is 1. The minimum Gasteiger partial charge on any atom is -0.376 e. The van der Waals surface area contributed by atoms with E-state index in [0.717, 1.165) is 11.6 Å². The third-order valence-corrected chi connectivity index (χ3v) is 2.86. The van der Waals surface area contributed by atoms with E-state index in [2.05, 4.69) is 5.32 Å². The van der Waals surface area contributed by atoms with Crippen molar-refractivity contribution >= 4 is 5.69 Å². The highest BCUT2D eigenvalue weighted by Gasteiger charge is 2.11. The third kappa shape index (κ3) is 2.89. The smallest absolute Gasteiger partial charge is 0.181 e. The Kier molecular flexibility index (Phi) is 3.76. The van der Waals surface area contributed by atoms with Crippen LogP contribution < -0.4 is 5.32 Å². The van der Waals surface area contributed by atoms with Crippen molar-refractivity contribution in [3.63, 3.8) is 0 Å². The van der Waals surface area contributed by atoms with Crippen molar-refractivity contribution in [2.24, 2.45) is 0 Å². The van der Waals surface area contributed by atoms with Gasteiger partial charge >= 0.3 is 0 Å². The summed E-state index contributed by atoms with van der Waals surface area (Å²) >= 11 is 0. The lowest BCUT2D eigenvalue weighted by Crippen LogP contribution is -2.08. The molecule has 0 aliphatic carbocycles. The van der Waals surface area contributed by atoms with Gasteiger partial charge in [0.05, 0.1) is 17.3 Å². The maximum Gasteiger partial charge on any atom is 0.181 e. The predicted molar refractivity (Wildman–Crippen MR) is 69.6 cm³/mol. The van der Waals surface area contributed by atoms with Crippen molar-refractivity contribution in [2.75, 3.05) is 5.32 Å². The van der Waals surface area contributed by atoms with Crippen LogP contribution in [0.15, 0.2) is 42.5 Å². The quantitative estimate of drug-likeness (QED) is 0.902. The Labute approximate surface area is 110 Å². The molecule has 2 rings (SSSR count). The van der Waals surface area contributed by atoms with Gasteiger partial charge in [-0.1, -0.05) is 18.2 Å². The maximum absolute atomic E-state index is 13.5. The molecule has 19 heavy (non-hydrogen) atoms. The molecule has 0 aliphatic heterocycles. The summed E-state index contributed by atoms with van der Waals surface area (Å²) in [5, 5.41) is 11.6. The molecule has 4 heteroatoms. The summed E-state index contributed by atoms with van der Waals surface area (Å²) in [6, 6.07) is 12.8. The zero-order valence-corrected chi connectivity index (χ0v) is 10.3. The second kappa shape index (κ2) is 5.49. The Morgan fingerprint density at radius 1 is 1.11 bits per heavy atom. The zero-order valence-electron chi connectivity index (χ0n) is 10.3. The van der Waals surface area contributed by atoms with Crippen LogP contribution in [0.2, 0.25) is 0 Å². The lowest BCUT2D eigenvalue weighted by atomic mass is 10.1. The van der Waals surface area contributed by atoms with Gasteiger partial charge in [-0.05, 0) is 36.8 Å². The number of hydrogen-bond acceptors (Lipinski definition) is 2. The van der Waals surface area contributed by atoms with Gasteiger partial charge in [0.1, 0.15) is 0 Å². The van der Waals surface area contributed by atoms with Gasteiger partial charge in [0.2, 0.25) is 0 Å². The van der Waals surface area contributed by atoms with Crippen LogP contribution in [0.1, 0.15) is 24.1 Å². The van der Waals surface area contributed by atoms with Crippen molar-refractivity contribution < 1.29 is 8.78 Å². The van der Waals surface area contributed by atoms with Crippen molar-refractivity contribution in [3.05, 3.63) is 65.2 Å². The van der Waals surface area contributed by atoms with E-state index in [1.807, 2.05) is 13.0 Å². The highest BCUT2D eigenvalue weighted by Crippen LogP contribution is 2.23. The van der Waals surface area contributed by atoms with Crippen molar-refractivity contribution in [1.29, 1.82) is 5.26 Å². The van der Waals surface area contributed by atoms with E-state index in [-0.39, 0.29) is 11.7 Å². The van der Waals surface area contributed by atoms with Crippen LogP contribution in [0.3, 0.4) is 0 Å². The SMILES string of the molecule is CC(Nc1cccc(F)c1F)c1ccc(C#N)cc1. The van der Waals surface area contributed by atoms with Gasteiger partial charge in [0.25, 0.3) is 0 Å². The Bertz CT molecular complexity index is 615. The highest BCUT2D eigenvalue weighted by atomic mass is 19.2. The average Bonchev–Trinajstić information content (AvgIpc) is 2.44. The first kappa shape index (κ1) is 13.0. The topological polar surface area (TPSA) is 35.8 Å². The molecule has 2 aromatic rings. The first-order valence-corrected chi connectivity index (χ1v) is 5.82. The van der Waals surface area contributed by atoms with Crippen LogP contribution in [-0.4, -0.2) is 0 Å². The minimum atomic E-state index is -0.886. The number of nitrogens with one attached hydrogen (secondary N) is 1. The molecule has 0 saturated heterocycles. The molecule has 0 aromatic heterocycles. The summed E-state index contributed by atoms with van der Waals surface area (Å²) in [7, 11) is 0. The van der Waals surface area contributed by atoms with Gasteiger partial charge in [-0.3, -0.25) is 0 Å². The summed E-state index contributed by atoms with van der Waals surface area (Å²) in [4.78, 5) is 0. The van der Waals surface area contributed by atoms with E-state index in [1.165, 1.54) is 12.1 Å². The fourth-order valence-corrected chi connectivity index (χ4v) is 1.78. The molecule has 0 heterocycles. The molecular formula is C15H12F2N2. The largest absolute Gasteiger partial charge is 0.376 e. The van der Waals surface area contributed by atoms with E-state index in [0.29, 0.717) is 5.56 Å². The maximum atomic E-state index is 13.5. The Morgan fingerprint density at radius 2 is 1.79 bits per heavy atom. The van der Waals surface area contributed by atoms with Gasteiger partial charge < -0.3 is 5.32 Å². The molecule has 1 atom stereocenters. The summed E-state index contributed by atoms with van der Waals surface area (Å²) in [5.41, 5.74) is 1.58. The molecule has 0 aliphatic rings. The normalized spacial score (nSPS) is 11.7. The van der Waals surface area contributed by atoms with Crippen LogP contribution in [0, 0.1) is 23.0 Å². The number of nitriles is 1. The summed E-state index contributed by atoms with van der Waals surface area (Å²) in [6.07, 6.45) is 0. The second-order valence-corrected chi connectivity index (χ2v) is 4.20. The van der Waals surface area contributed by atoms with Gasteiger partial charge in [0, 0.05) is 6.04 Å². The van der Waals surface area contributed by atoms with E-state index >= 15 is 0 Å². The second-order valence-electron chi connectivity index (χ2n) is 4.20. The van der Waals surface area contributed by atoms with Crippen LogP contribution in [0.25, 0.3) is 0 Å². The number of nitrogens with zero attached hydrogens (tertiary/aromatic N) is 1. The van der Waals surface area contributed by atoms with E-state index in [1.54, 1.807) is 24.3 Å². The molecule has 0 fully saturated rings. The van der Waals surface area contributed by atoms with Crippen molar-refractivity contribution in [1.82, 2.24) is 0 Å². The van der Waals surface area contributed by atoms with Crippen molar-refractivity contribution in [3.8, 4) is 6.07 Å². The minimum absolute atomic E-state index is 0.122. The lowest BCUT2D eigenvalue weighted by molar-refractivity contribution is 0.510. The number of halogens is 2. The zero-order chi connectivity index (χ0) is 13.8. The molecular weight excluding hydrogens is 246 g/mol. The Hall–Kier alpha value is -2.41. The molecule has 0 radical (unpaired) electrons. The molecule has 0 spiro atoms. The summed E-state index contributed by atoms with van der Waals surface area (Å²) < 4.78 is 26.6. The molecule has 96 valence electrons. The van der Waals surface area contributed by atoms with Gasteiger partial charge in [-0.25, -0.2) is 8.78 Å². The molecule has 2 aromatic carbocycles. The molecule has 0 saturated carbocycles. The van der Waals surface area contributed by atoms with Crippen LogP contribution in [0.5, 0.6) is 0 Å². The predicted octanol–water partition coefficient (Wildman–Crippen LogP) is 4.01. The van der Waals surface area contributed by atoms with Crippen LogP contribution in [-0.2, 0) is 0 Å². The fraction of sp³-hybridized carbons (Fsp3) is 0.133. The third-order valence-electron chi connectivity index (χ3n) is 2.86. The Morgan fingerprint density at radius 3 is 2.42 bits per heavy atom. The number of rotatable bonds is 3. The first-order valence-electron chi connectivity index (χ1n) is 5.82. The van der Waals surface area contributed by atoms with E-state index < -0.39 is 11.6 Å². The molecule has 0 bridgehead atoms. The lowest BCUT2D eigenvalue weighted by Gasteiger charge is -2.16. The van der Waals surface area contributed by atoms with Gasteiger partial charge in [-0.2, -0.15) is 5.26 Å². The molecule has 2 nitrogen and oxygen atoms in total. The Balaban J connectivity index is 2.18. The van der Waals surface area contributed by atoms with Crippen molar-refractivity contribution in [2.45, 2.75) is 13.0 Å². The molecule has 0 amide bonds. The highest BCUT2D eigenvalue weighted by molar-refractivity contribution is 5.47. The molecule has 1 N–H and O–H groups in total.